The average molecular weight is 774 g/mol. The molecule has 0 N–H and O–H groups in total. The minimum Gasteiger partial charge on any atom is -0.208 e. The molecule has 0 radical (unpaired) electrons. The van der Waals surface area contributed by atoms with Crippen molar-refractivity contribution in [3.05, 3.63) is 109 Å². The third-order valence-corrected chi connectivity index (χ3v) is 15.1. The molecule has 0 atom stereocenters. The minimum absolute atomic E-state index is 0.658. The van der Waals surface area contributed by atoms with Gasteiger partial charge in [-0.1, -0.05) is 142 Å². The number of rotatable bonds is 6. The van der Waals surface area contributed by atoms with Crippen LogP contribution in [0.4, 0.5) is 0 Å². The quantitative estimate of drug-likeness (QED) is 0.158. The molecule has 0 unspecified atom stereocenters. The Morgan fingerprint density at radius 2 is 0.633 bits per heavy atom. The van der Waals surface area contributed by atoms with Crippen LogP contribution in [0.2, 0.25) is 0 Å². The van der Waals surface area contributed by atoms with Gasteiger partial charge in [-0.25, -0.2) is 15.0 Å². The van der Waals surface area contributed by atoms with Crippen molar-refractivity contribution in [3.63, 3.8) is 0 Å². The zero-order chi connectivity index (χ0) is 42.1. The summed E-state index contributed by atoms with van der Waals surface area (Å²) in [6, 6.07) is 38.3. The van der Waals surface area contributed by atoms with Crippen molar-refractivity contribution in [2.75, 3.05) is 0 Å². The molecule has 0 bridgehead atoms. The van der Waals surface area contributed by atoms with E-state index in [9.17, 15) is 0 Å². The van der Waals surface area contributed by atoms with Crippen molar-refractivity contribution in [3.8, 4) is 67.5 Å². The highest BCUT2D eigenvalue weighted by Gasteiger charge is 2.27. The molecular formula is C45H40B11N3S. The molecule has 2 aromatic heterocycles. The van der Waals surface area contributed by atoms with E-state index in [1.807, 2.05) is 11.3 Å². The third-order valence-electron chi connectivity index (χ3n) is 13.6. The molecule has 0 spiro atoms. The van der Waals surface area contributed by atoms with Crippen LogP contribution in [0.25, 0.3) is 87.7 Å². The molecule has 0 aliphatic heterocycles. The summed E-state index contributed by atoms with van der Waals surface area (Å²) in [6.07, 6.45) is 0. The maximum atomic E-state index is 5.42. The molecule has 15 heteroatoms. The summed E-state index contributed by atoms with van der Waals surface area (Å²) in [7, 11) is 25.2. The fourth-order valence-corrected chi connectivity index (χ4v) is 10.8. The van der Waals surface area contributed by atoms with Crippen LogP contribution >= 0.6 is 11.3 Å². The van der Waals surface area contributed by atoms with Crippen molar-refractivity contribution >= 4 is 178 Å². The highest BCUT2D eigenvalue weighted by atomic mass is 32.1. The van der Waals surface area contributed by atoms with Crippen LogP contribution in [-0.2, 0) is 0 Å². The molecule has 0 aliphatic rings. The summed E-state index contributed by atoms with van der Waals surface area (Å²) in [4.78, 5) is 16.1. The van der Waals surface area contributed by atoms with E-state index in [2.05, 4.69) is 196 Å². The van der Waals surface area contributed by atoms with Gasteiger partial charge < -0.3 is 0 Å². The number of hydrogen-bond donors (Lipinski definition) is 0. The monoisotopic (exact) mass is 775 g/mol. The average Bonchev–Trinajstić information content (AvgIpc) is 3.69. The van der Waals surface area contributed by atoms with Gasteiger partial charge in [0, 0.05) is 31.5 Å². The van der Waals surface area contributed by atoms with Crippen molar-refractivity contribution in [2.45, 2.75) is 0 Å². The smallest absolute Gasteiger partial charge is 0.164 e. The van der Waals surface area contributed by atoms with Gasteiger partial charge in [0.1, 0.15) is 86.3 Å². The first-order valence-electron chi connectivity index (χ1n) is 21.0. The molecule has 2 heterocycles. The van der Waals surface area contributed by atoms with Crippen LogP contribution in [0.1, 0.15) is 0 Å². The number of benzene rings is 7. The highest BCUT2D eigenvalue weighted by Crippen LogP contribution is 2.38. The first-order chi connectivity index (χ1) is 28.8. The van der Waals surface area contributed by atoms with E-state index in [1.54, 1.807) is 0 Å². The molecule has 3 nitrogen and oxygen atoms in total. The maximum Gasteiger partial charge on any atom is 0.164 e. The molecular weight excluding hydrogens is 734 g/mol. The van der Waals surface area contributed by atoms with E-state index in [0.717, 1.165) is 27.8 Å². The number of hydrogen-bond acceptors (Lipinski definition) is 4. The van der Waals surface area contributed by atoms with E-state index in [-0.39, 0.29) is 0 Å². The predicted molar refractivity (Wildman–Crippen MR) is 295 cm³/mol. The lowest BCUT2D eigenvalue weighted by Gasteiger charge is -2.25. The van der Waals surface area contributed by atoms with E-state index in [0.29, 0.717) is 17.5 Å². The first-order valence-corrected chi connectivity index (χ1v) is 21.8. The molecule has 0 saturated heterocycles. The van der Waals surface area contributed by atoms with Gasteiger partial charge in [-0.2, -0.15) is 0 Å². The highest BCUT2D eigenvalue weighted by molar-refractivity contribution is 7.28. The van der Waals surface area contributed by atoms with Crippen LogP contribution < -0.4 is 60.1 Å². The Balaban J connectivity index is 1.36. The second-order valence-corrected chi connectivity index (χ2v) is 17.7. The van der Waals surface area contributed by atoms with E-state index < -0.39 is 0 Å². The molecule has 274 valence electrons. The number of nitrogens with zero attached hydrogens (tertiary/aromatic N) is 3. The Hall–Kier alpha value is -5.52. The van der Waals surface area contributed by atoms with Gasteiger partial charge in [-0.05, 0) is 38.8 Å². The molecule has 7 aromatic carbocycles. The zero-order valence-corrected chi connectivity index (χ0v) is 37.5. The largest absolute Gasteiger partial charge is 0.208 e. The summed E-state index contributed by atoms with van der Waals surface area (Å²) in [5.41, 5.74) is 24.9. The van der Waals surface area contributed by atoms with Crippen molar-refractivity contribution in [1.29, 1.82) is 0 Å². The lowest BCUT2D eigenvalue weighted by molar-refractivity contribution is 1.08. The van der Waals surface area contributed by atoms with Gasteiger partial charge in [-0.3, -0.25) is 0 Å². The van der Waals surface area contributed by atoms with Crippen LogP contribution in [-0.4, -0.2) is 101 Å². The fourth-order valence-electron chi connectivity index (χ4n) is 9.34. The van der Waals surface area contributed by atoms with Gasteiger partial charge in [0.15, 0.2) is 17.5 Å². The standard InChI is InChI=1S/C45H40B11N3S/c46-30-25(27-31(47)35(51)38(54)36(52)32(27)48)26-28-33(49)37(53)39(55)40(56)42(28)60-41(26)34(50)29(30)45-58-43(23-15-11-21(12-16-23)19-7-3-1-4-8-19)57-44(59-45)24-17-13-22(14-18-24)20-9-5-2-6-10-20/h1-18H,46-56H2. The number of thiophene rings is 1. The SMILES string of the molecule is Bc1c(B)c(B)c(-c2c(B)c(-c3nc(-c4ccc(-c5ccccc5)cc4)nc(-c4ccc(-c5ccccc5)cc4)n3)c(B)c3sc4c(B)c(B)c(B)c(B)c4c23)c(B)c1B. The van der Waals surface area contributed by atoms with Crippen LogP contribution in [0.3, 0.4) is 0 Å². The number of fused-ring (bicyclic) bond motifs is 3. The first kappa shape index (κ1) is 39.9. The minimum atomic E-state index is 0.658. The molecule has 9 aromatic rings. The Labute approximate surface area is 367 Å². The normalized spacial score (nSPS) is 11.4. The molecule has 60 heavy (non-hydrogen) atoms. The van der Waals surface area contributed by atoms with E-state index in [1.165, 1.54) is 103 Å². The maximum absolute atomic E-state index is 5.42. The van der Waals surface area contributed by atoms with Gasteiger partial charge in [0.05, 0.1) is 0 Å². The fraction of sp³-hybridized carbons (Fsp3) is 0. The zero-order valence-electron chi connectivity index (χ0n) is 36.6. The summed E-state index contributed by atoms with van der Waals surface area (Å²) < 4.78 is 2.67. The third kappa shape index (κ3) is 6.48. The molecule has 0 fully saturated rings. The van der Waals surface area contributed by atoms with Crippen LogP contribution in [0.15, 0.2) is 109 Å². The van der Waals surface area contributed by atoms with Crippen LogP contribution in [0.5, 0.6) is 0 Å². The van der Waals surface area contributed by atoms with Gasteiger partial charge >= 0.3 is 0 Å². The Bertz CT molecular complexity index is 3060. The van der Waals surface area contributed by atoms with Crippen molar-refractivity contribution < 1.29 is 0 Å². The Morgan fingerprint density at radius 1 is 0.267 bits per heavy atom. The molecule has 9 rings (SSSR count). The summed E-state index contributed by atoms with van der Waals surface area (Å²) >= 11 is 1.93. The summed E-state index contributed by atoms with van der Waals surface area (Å²) in [5, 5.41) is 2.74. The van der Waals surface area contributed by atoms with E-state index in [4.69, 9.17) is 15.0 Å². The van der Waals surface area contributed by atoms with E-state index >= 15 is 0 Å². The second-order valence-electron chi connectivity index (χ2n) is 16.7. The van der Waals surface area contributed by atoms with Gasteiger partial charge in [-0.15, -0.1) is 38.7 Å². The second kappa shape index (κ2) is 15.5. The lowest BCUT2D eigenvalue weighted by Crippen LogP contribution is -2.55. The summed E-state index contributed by atoms with van der Waals surface area (Å²) in [6.45, 7) is 0. The Kier molecular flexibility index (Phi) is 10.3. The van der Waals surface area contributed by atoms with Crippen LogP contribution in [0, 0.1) is 0 Å². The Morgan fingerprint density at radius 3 is 1.12 bits per heavy atom. The molecule has 0 aliphatic carbocycles. The van der Waals surface area contributed by atoms with Crippen molar-refractivity contribution in [1.82, 2.24) is 15.0 Å². The molecule has 0 amide bonds. The lowest BCUT2D eigenvalue weighted by atomic mass is 9.58. The van der Waals surface area contributed by atoms with Crippen molar-refractivity contribution in [2.24, 2.45) is 0 Å². The predicted octanol–water partition coefficient (Wildman–Crippen LogP) is -6.92. The summed E-state index contributed by atoms with van der Waals surface area (Å²) in [5.74, 6) is 2.01. The topological polar surface area (TPSA) is 38.7 Å². The number of aromatic nitrogens is 3. The molecule has 0 saturated carbocycles. The van der Waals surface area contributed by atoms with Gasteiger partial charge in [0.25, 0.3) is 0 Å². The van der Waals surface area contributed by atoms with Gasteiger partial charge in [0.2, 0.25) is 0 Å².